The highest BCUT2D eigenvalue weighted by Gasteiger charge is 2.43. The maximum absolute atomic E-state index is 13.3. The number of anilines is 1. The van der Waals surface area contributed by atoms with Crippen LogP contribution in [-0.2, 0) is 36.4 Å². The number of aromatic nitrogens is 4. The van der Waals surface area contributed by atoms with Crippen LogP contribution in [-0.4, -0.2) is 109 Å². The number of unbranched alkanes of at least 4 members (excludes halogenated alkanes) is 2. The van der Waals surface area contributed by atoms with Crippen LogP contribution in [0.15, 0.2) is 94.7 Å². The van der Waals surface area contributed by atoms with Crippen LogP contribution in [0.25, 0.3) is 44.6 Å². The number of aromatic carboxylic acids is 1. The number of carboxylic acid groups (broad SMARTS) is 1. The van der Waals surface area contributed by atoms with E-state index in [-0.39, 0.29) is 99.3 Å². The molecule has 80 heavy (non-hydrogen) atoms. The summed E-state index contributed by atoms with van der Waals surface area (Å²) in [5, 5.41) is 52.2. The third-order valence-corrected chi connectivity index (χ3v) is 16.0. The monoisotopic (exact) mass is 1160 g/mol. The molecule has 2 aromatic heterocycles. The largest absolute Gasteiger partial charge is 0.508 e. The van der Waals surface area contributed by atoms with Gasteiger partial charge in [-0.25, -0.2) is 33.4 Å². The molecule has 0 radical (unpaired) electrons. The quantitative estimate of drug-likeness (QED) is 0.00980. The van der Waals surface area contributed by atoms with Crippen molar-refractivity contribution in [1.29, 1.82) is 0 Å². The van der Waals surface area contributed by atoms with Gasteiger partial charge in [-0.3, -0.25) is 33.6 Å². The molecule has 3 unspecified atom stereocenters. The number of phenolic OH excluding ortho intramolecular Hbond substituents is 1. The van der Waals surface area contributed by atoms with Crippen LogP contribution in [0.2, 0.25) is 0 Å². The van der Waals surface area contributed by atoms with Crippen molar-refractivity contribution < 1.29 is 90.2 Å². The molecule has 0 bridgehead atoms. The molecule has 10 N–H and O–H groups in total. The minimum Gasteiger partial charge on any atom is -0.508 e. The lowest BCUT2D eigenvalue weighted by Gasteiger charge is -2.19. The van der Waals surface area contributed by atoms with Crippen LogP contribution in [0, 0.1) is 22.0 Å². The van der Waals surface area contributed by atoms with Crippen molar-refractivity contribution in [2.45, 2.75) is 63.5 Å². The molecule has 29 nitrogen and oxygen atoms in total. The van der Waals surface area contributed by atoms with Crippen LogP contribution in [0.1, 0.15) is 83.1 Å². The molecule has 1 fully saturated rings. The number of imidazole rings is 1. The number of nitro benzene ring substituents is 1. The van der Waals surface area contributed by atoms with E-state index in [1.807, 2.05) is 0 Å². The first-order chi connectivity index (χ1) is 37.8. The van der Waals surface area contributed by atoms with Gasteiger partial charge in [0, 0.05) is 65.2 Å². The summed E-state index contributed by atoms with van der Waals surface area (Å²) in [6, 6.07) is 16.1. The highest BCUT2D eigenvalue weighted by Crippen LogP contribution is 2.66. The average molecular weight is 1160 g/mol. The fraction of sp³-hybridized carbons (Fsp3) is 0.271. The smallest absolute Gasteiger partial charge is 0.490 e. The minimum atomic E-state index is -5.78. The Labute approximate surface area is 450 Å². The number of phenols is 1. The molecule has 8 rings (SSSR count). The van der Waals surface area contributed by atoms with Crippen LogP contribution < -0.4 is 21.4 Å². The maximum atomic E-state index is 13.3. The molecular weight excluding hydrogens is 1120 g/mol. The van der Waals surface area contributed by atoms with Gasteiger partial charge in [0.05, 0.1) is 47.7 Å². The van der Waals surface area contributed by atoms with Gasteiger partial charge in [0.25, 0.3) is 11.6 Å². The number of aliphatic hydroxyl groups is 1. The molecule has 32 heteroatoms. The number of phosphoric ester groups is 1. The predicted octanol–water partition coefficient (Wildman–Crippen LogP) is 5.64. The Hall–Kier alpha value is -7.80. The molecule has 6 atom stereocenters. The van der Waals surface area contributed by atoms with Crippen molar-refractivity contribution in [3.8, 4) is 40.0 Å². The molecule has 0 saturated carbocycles. The van der Waals surface area contributed by atoms with E-state index in [1.54, 1.807) is 19.1 Å². The van der Waals surface area contributed by atoms with E-state index in [4.69, 9.17) is 18.9 Å². The molecular formula is C48H47N8O21P3. The fourth-order valence-electron chi connectivity index (χ4n) is 8.60. The zero-order chi connectivity index (χ0) is 57.7. The SMILES string of the molecule is CC(Nc1ncnc2c1ncn2[C@H]1C[C@H](O)[C@@H](COP(=O)(O)OP(=O)(O)OP(=O)(O)O)O1)c1ccc(C#CCNC(=O)CCCCCNC(=O)c2ccc(C(=O)O)c(-c3c4ccc(=O)cc-4oc4cc(O)ccc34)c2)cc1[N+](=O)[O-]. The highest BCUT2D eigenvalue weighted by atomic mass is 31.3. The second kappa shape index (κ2) is 24.3. The number of amides is 2. The molecule has 3 aromatic carbocycles. The zero-order valence-electron chi connectivity index (χ0n) is 41.5. The Morgan fingerprint density at radius 2 is 1.71 bits per heavy atom. The van der Waals surface area contributed by atoms with Crippen molar-refractivity contribution in [3.05, 3.63) is 128 Å². The number of rotatable bonds is 22. The number of carboxylic acids is 1. The van der Waals surface area contributed by atoms with Gasteiger partial charge in [0.1, 0.15) is 35.8 Å². The van der Waals surface area contributed by atoms with Gasteiger partial charge >= 0.3 is 29.4 Å². The summed E-state index contributed by atoms with van der Waals surface area (Å²) in [5.41, 5.74) is 1.53. The van der Waals surface area contributed by atoms with Crippen LogP contribution >= 0.6 is 23.5 Å². The molecule has 0 spiro atoms. The summed E-state index contributed by atoms with van der Waals surface area (Å²) in [6.45, 7) is 0.925. The molecule has 1 aliphatic carbocycles. The van der Waals surface area contributed by atoms with Crippen LogP contribution in [0.5, 0.6) is 5.75 Å². The molecule has 1 saturated heterocycles. The first kappa shape index (κ1) is 58.4. The lowest BCUT2D eigenvalue weighted by Crippen LogP contribution is -2.26. The van der Waals surface area contributed by atoms with Gasteiger partial charge in [0.15, 0.2) is 22.4 Å². The Balaban J connectivity index is 0.802. The Morgan fingerprint density at radius 3 is 2.46 bits per heavy atom. The number of hydrogen-bond acceptors (Lipinski definition) is 20. The number of nitro groups is 1. The van der Waals surface area contributed by atoms with E-state index < -0.39 is 71.4 Å². The van der Waals surface area contributed by atoms with Crippen molar-refractivity contribution >= 4 is 74.9 Å². The number of aromatic hydroxyl groups is 1. The first-order valence-corrected chi connectivity index (χ1v) is 28.3. The van der Waals surface area contributed by atoms with E-state index in [2.05, 4.69) is 55.9 Å². The summed E-state index contributed by atoms with van der Waals surface area (Å²) < 4.78 is 59.8. The molecule has 3 aliphatic rings. The highest BCUT2D eigenvalue weighted by molar-refractivity contribution is 7.66. The van der Waals surface area contributed by atoms with Crippen molar-refractivity contribution in [1.82, 2.24) is 30.2 Å². The molecule has 4 heterocycles. The predicted molar refractivity (Wildman–Crippen MR) is 279 cm³/mol. The molecule has 5 aromatic rings. The topological polar surface area (TPSA) is 434 Å². The fourth-order valence-corrected chi connectivity index (χ4v) is 11.6. The van der Waals surface area contributed by atoms with Crippen LogP contribution in [0.3, 0.4) is 0 Å². The van der Waals surface area contributed by atoms with Crippen molar-refractivity contribution in [3.63, 3.8) is 0 Å². The number of nitrogens with zero attached hydrogens (tertiary/aromatic N) is 5. The average Bonchev–Trinajstić information content (AvgIpc) is 4.09. The number of aliphatic hydroxyl groups excluding tert-OH is 1. The lowest BCUT2D eigenvalue weighted by atomic mass is 9.89. The lowest BCUT2D eigenvalue weighted by molar-refractivity contribution is -0.385. The van der Waals surface area contributed by atoms with E-state index in [0.29, 0.717) is 41.3 Å². The number of fused-ring (bicyclic) bond motifs is 3. The number of hydrogen-bond donors (Lipinski definition) is 10. The van der Waals surface area contributed by atoms with Gasteiger partial charge in [-0.05, 0) is 79.9 Å². The Morgan fingerprint density at radius 1 is 0.925 bits per heavy atom. The molecule has 2 aliphatic heterocycles. The first-order valence-electron chi connectivity index (χ1n) is 23.8. The third kappa shape index (κ3) is 14.3. The Kier molecular flexibility index (Phi) is 17.7. The maximum Gasteiger partial charge on any atom is 0.490 e. The van der Waals surface area contributed by atoms with Gasteiger partial charge in [-0.15, -0.1) is 0 Å². The second-order valence-electron chi connectivity index (χ2n) is 17.8. The van der Waals surface area contributed by atoms with Gasteiger partial charge in [0.2, 0.25) is 5.91 Å². The third-order valence-electron chi connectivity index (χ3n) is 12.2. The van der Waals surface area contributed by atoms with Gasteiger partial charge in [-0.2, -0.15) is 8.62 Å². The Bertz CT molecular complexity index is 3800. The van der Waals surface area contributed by atoms with Crippen LogP contribution in [0.4, 0.5) is 11.5 Å². The van der Waals surface area contributed by atoms with E-state index in [0.717, 1.165) is 0 Å². The summed E-state index contributed by atoms with van der Waals surface area (Å²) in [5.74, 6) is 3.78. The molecule has 2 amide bonds. The number of benzene rings is 4. The number of carbonyl (C=O) groups excluding carboxylic acids is 2. The van der Waals surface area contributed by atoms with Gasteiger partial charge < -0.3 is 60.0 Å². The molecule has 420 valence electrons. The zero-order valence-corrected chi connectivity index (χ0v) is 44.2. The number of carbonyl (C=O) groups is 3. The number of phosphoric acid groups is 3. The summed E-state index contributed by atoms with van der Waals surface area (Å²) >= 11 is 0. The normalized spacial score (nSPS) is 17.2. The summed E-state index contributed by atoms with van der Waals surface area (Å²) in [7, 11) is -16.9. The second-order valence-corrected chi connectivity index (χ2v) is 22.2. The van der Waals surface area contributed by atoms with Crippen molar-refractivity contribution in [2.24, 2.45) is 0 Å². The number of nitrogens with one attached hydrogen (secondary N) is 3. The summed E-state index contributed by atoms with van der Waals surface area (Å²) in [6.07, 6.45) is 0.335. The van der Waals surface area contributed by atoms with Crippen molar-refractivity contribution in [2.75, 3.05) is 25.0 Å². The summed E-state index contributed by atoms with van der Waals surface area (Å²) in [4.78, 5) is 112. The number of ether oxygens (including phenoxy) is 1. The van der Waals surface area contributed by atoms with E-state index in [1.165, 1.54) is 77.9 Å². The standard InChI is InChI=1S/C48H47N8O21P3/c1-26(54-45-44-46(52-24-51-45)55(25-53-44)42-22-37(59)40(75-42)23-73-79(69,70)77-80(71,72)76-78(66,67)68)31-12-8-27(18-36(31)56(64)65)6-5-17-49-41(60)7-3-2-4-16-50-47(61)28-9-13-32(48(62)63)35(19-28)43-33-14-10-29(57)20-38(33)74-39-21-30(58)11-15-34(39)43/h8-15,18-21,24-26,37,40,42,57,59H,2-4,7,16-17,22-23H2,1H3,(H,49,60)(H,50,61)(H,62,63)(H,69,70)(H,71,72)(H,51,52,54)(H2,66,67,68)/t26?,37-,40+,42+/m0/s1. The van der Waals surface area contributed by atoms with E-state index >= 15 is 0 Å². The minimum absolute atomic E-state index is 0.0551. The van der Waals surface area contributed by atoms with E-state index in [9.17, 15) is 68.1 Å². The van der Waals surface area contributed by atoms with Gasteiger partial charge in [-0.1, -0.05) is 18.3 Å².